The van der Waals surface area contributed by atoms with Crippen LogP contribution < -0.4 is 11.1 Å². The Balaban J connectivity index is 2.72. The normalized spacial score (nSPS) is 9.62. The quantitative estimate of drug-likeness (QED) is 0.627. The summed E-state index contributed by atoms with van der Waals surface area (Å²) in [7, 11) is 0. The molecule has 1 aromatic rings. The Morgan fingerprint density at radius 2 is 2.46 bits per heavy atom. The minimum atomic E-state index is -1.06. The number of carboxylic acid groups (broad SMARTS) is 1. The highest BCUT2D eigenvalue weighted by Gasteiger charge is 2.01. The standard InChI is InChI=1S/C8H11N3O2/c1-5-2-6(9)3-10-7(5)4-11-8(12)13/h2-3,11H,4,9H2,1H3,(H,12,13). The Morgan fingerprint density at radius 1 is 1.77 bits per heavy atom. The number of nitrogens with zero attached hydrogens (tertiary/aromatic N) is 1. The van der Waals surface area contributed by atoms with Crippen LogP contribution in [0.3, 0.4) is 0 Å². The SMILES string of the molecule is Cc1cc(N)cnc1CNC(=O)O. The molecule has 0 radical (unpaired) electrons. The lowest BCUT2D eigenvalue weighted by molar-refractivity contribution is 0.194. The zero-order valence-corrected chi connectivity index (χ0v) is 7.24. The number of anilines is 1. The van der Waals surface area contributed by atoms with E-state index in [0.717, 1.165) is 5.56 Å². The van der Waals surface area contributed by atoms with Gasteiger partial charge >= 0.3 is 6.09 Å². The lowest BCUT2D eigenvalue weighted by atomic mass is 10.2. The number of carbonyl (C=O) groups is 1. The van der Waals surface area contributed by atoms with Crippen LogP contribution in [0.4, 0.5) is 10.5 Å². The first-order valence-electron chi connectivity index (χ1n) is 3.77. The second kappa shape index (κ2) is 3.75. The fourth-order valence-electron chi connectivity index (χ4n) is 0.969. The Morgan fingerprint density at radius 3 is 3.00 bits per heavy atom. The van der Waals surface area contributed by atoms with E-state index in [1.54, 1.807) is 6.07 Å². The number of rotatable bonds is 2. The van der Waals surface area contributed by atoms with Crippen LogP contribution in [0.5, 0.6) is 0 Å². The van der Waals surface area contributed by atoms with Crippen LogP contribution in [0.1, 0.15) is 11.3 Å². The second-order valence-electron chi connectivity index (χ2n) is 2.69. The van der Waals surface area contributed by atoms with E-state index in [4.69, 9.17) is 10.8 Å². The van der Waals surface area contributed by atoms with Gasteiger partial charge in [-0.3, -0.25) is 4.98 Å². The van der Waals surface area contributed by atoms with E-state index in [1.165, 1.54) is 6.20 Å². The number of pyridine rings is 1. The number of hydrogen-bond acceptors (Lipinski definition) is 3. The van der Waals surface area contributed by atoms with E-state index in [1.807, 2.05) is 6.92 Å². The highest BCUT2D eigenvalue weighted by molar-refractivity contribution is 5.64. The molecule has 4 N–H and O–H groups in total. The molecule has 0 aliphatic carbocycles. The fourth-order valence-corrected chi connectivity index (χ4v) is 0.969. The van der Waals surface area contributed by atoms with Crippen molar-refractivity contribution in [1.29, 1.82) is 0 Å². The second-order valence-corrected chi connectivity index (χ2v) is 2.69. The van der Waals surface area contributed by atoms with Gasteiger partial charge in [0.15, 0.2) is 0 Å². The van der Waals surface area contributed by atoms with Gasteiger partial charge in [0.2, 0.25) is 0 Å². The van der Waals surface area contributed by atoms with Crippen molar-refractivity contribution in [2.75, 3.05) is 5.73 Å². The highest BCUT2D eigenvalue weighted by atomic mass is 16.4. The van der Waals surface area contributed by atoms with Crippen molar-refractivity contribution in [3.05, 3.63) is 23.5 Å². The zero-order chi connectivity index (χ0) is 9.84. The lowest BCUT2D eigenvalue weighted by Gasteiger charge is -2.04. The van der Waals surface area contributed by atoms with E-state index in [2.05, 4.69) is 10.3 Å². The molecule has 13 heavy (non-hydrogen) atoms. The molecule has 0 bridgehead atoms. The van der Waals surface area contributed by atoms with Crippen molar-refractivity contribution >= 4 is 11.8 Å². The van der Waals surface area contributed by atoms with Gasteiger partial charge in [-0.2, -0.15) is 0 Å². The molecule has 0 saturated heterocycles. The van der Waals surface area contributed by atoms with Crippen molar-refractivity contribution in [2.24, 2.45) is 0 Å². The number of nitrogen functional groups attached to an aromatic ring is 1. The van der Waals surface area contributed by atoms with E-state index in [-0.39, 0.29) is 6.54 Å². The van der Waals surface area contributed by atoms with Gasteiger partial charge in [0.1, 0.15) is 0 Å². The molecule has 0 atom stereocenters. The summed E-state index contributed by atoms with van der Waals surface area (Å²) in [4.78, 5) is 14.2. The van der Waals surface area contributed by atoms with Crippen molar-refractivity contribution in [2.45, 2.75) is 13.5 Å². The molecule has 0 aliphatic rings. The molecule has 1 amide bonds. The molecule has 0 saturated carbocycles. The molecule has 1 rings (SSSR count). The first kappa shape index (κ1) is 9.31. The number of aromatic nitrogens is 1. The first-order chi connectivity index (χ1) is 6.09. The Labute approximate surface area is 75.6 Å². The summed E-state index contributed by atoms with van der Waals surface area (Å²) < 4.78 is 0. The van der Waals surface area contributed by atoms with Gasteiger partial charge in [-0.1, -0.05) is 0 Å². The molecule has 1 aromatic heterocycles. The van der Waals surface area contributed by atoms with E-state index in [9.17, 15) is 4.79 Å². The molecule has 70 valence electrons. The van der Waals surface area contributed by atoms with Gasteiger partial charge in [-0.05, 0) is 18.6 Å². The Kier molecular flexibility index (Phi) is 2.69. The summed E-state index contributed by atoms with van der Waals surface area (Å²) in [5, 5.41) is 10.6. The average Bonchev–Trinajstić information content (AvgIpc) is 2.02. The molecule has 0 aromatic carbocycles. The van der Waals surface area contributed by atoms with Crippen LogP contribution in [0.25, 0.3) is 0 Å². The predicted molar refractivity (Wildman–Crippen MR) is 48.3 cm³/mol. The van der Waals surface area contributed by atoms with Crippen molar-refractivity contribution in [1.82, 2.24) is 10.3 Å². The maximum atomic E-state index is 10.2. The van der Waals surface area contributed by atoms with Crippen LogP contribution in [-0.2, 0) is 6.54 Å². The van der Waals surface area contributed by atoms with E-state index < -0.39 is 6.09 Å². The third-order valence-electron chi connectivity index (χ3n) is 1.61. The third-order valence-corrected chi connectivity index (χ3v) is 1.61. The number of hydrogen-bond donors (Lipinski definition) is 3. The molecule has 0 aliphatic heterocycles. The van der Waals surface area contributed by atoms with Crippen molar-refractivity contribution < 1.29 is 9.90 Å². The lowest BCUT2D eigenvalue weighted by Crippen LogP contribution is -2.21. The molecular formula is C8H11N3O2. The molecule has 5 heteroatoms. The Hall–Kier alpha value is -1.78. The molecule has 1 heterocycles. The molecule has 0 fully saturated rings. The predicted octanol–water partition coefficient (Wildman–Crippen LogP) is 0.740. The number of nitrogens with two attached hydrogens (primary N) is 1. The summed E-state index contributed by atoms with van der Waals surface area (Å²) in [6.07, 6.45) is 0.448. The van der Waals surface area contributed by atoms with Gasteiger partial charge in [0.25, 0.3) is 0 Å². The average molecular weight is 181 g/mol. The van der Waals surface area contributed by atoms with Gasteiger partial charge < -0.3 is 16.2 Å². The minimum absolute atomic E-state index is 0.210. The summed E-state index contributed by atoms with van der Waals surface area (Å²) >= 11 is 0. The zero-order valence-electron chi connectivity index (χ0n) is 7.24. The highest BCUT2D eigenvalue weighted by Crippen LogP contribution is 2.08. The smallest absolute Gasteiger partial charge is 0.404 e. The molecule has 0 spiro atoms. The van der Waals surface area contributed by atoms with Crippen LogP contribution in [0.15, 0.2) is 12.3 Å². The largest absolute Gasteiger partial charge is 0.465 e. The molecule has 5 nitrogen and oxygen atoms in total. The number of amides is 1. The van der Waals surface area contributed by atoms with Crippen molar-refractivity contribution in [3.8, 4) is 0 Å². The van der Waals surface area contributed by atoms with Crippen LogP contribution in [0.2, 0.25) is 0 Å². The monoisotopic (exact) mass is 181 g/mol. The van der Waals surface area contributed by atoms with Crippen LogP contribution >= 0.6 is 0 Å². The van der Waals surface area contributed by atoms with Gasteiger partial charge in [0, 0.05) is 0 Å². The van der Waals surface area contributed by atoms with Gasteiger partial charge in [-0.15, -0.1) is 0 Å². The summed E-state index contributed by atoms with van der Waals surface area (Å²) in [5.74, 6) is 0. The van der Waals surface area contributed by atoms with Crippen LogP contribution in [0, 0.1) is 6.92 Å². The van der Waals surface area contributed by atoms with Crippen LogP contribution in [-0.4, -0.2) is 16.2 Å². The molecule has 0 unspecified atom stereocenters. The van der Waals surface area contributed by atoms with E-state index >= 15 is 0 Å². The fraction of sp³-hybridized carbons (Fsp3) is 0.250. The minimum Gasteiger partial charge on any atom is -0.465 e. The van der Waals surface area contributed by atoms with Gasteiger partial charge in [0.05, 0.1) is 24.1 Å². The topological polar surface area (TPSA) is 88.2 Å². The number of aryl methyl sites for hydroxylation is 1. The maximum Gasteiger partial charge on any atom is 0.404 e. The third kappa shape index (κ3) is 2.62. The van der Waals surface area contributed by atoms with Crippen molar-refractivity contribution in [3.63, 3.8) is 0 Å². The summed E-state index contributed by atoms with van der Waals surface area (Å²) in [5.41, 5.74) is 7.64. The van der Waals surface area contributed by atoms with E-state index in [0.29, 0.717) is 11.4 Å². The molecular weight excluding hydrogens is 170 g/mol. The summed E-state index contributed by atoms with van der Waals surface area (Å²) in [6, 6.07) is 1.76. The summed E-state index contributed by atoms with van der Waals surface area (Å²) in [6.45, 7) is 2.05. The Bertz CT molecular complexity index is 325. The maximum absolute atomic E-state index is 10.2. The van der Waals surface area contributed by atoms with Gasteiger partial charge in [-0.25, -0.2) is 4.79 Å². The first-order valence-corrected chi connectivity index (χ1v) is 3.77. The number of nitrogens with one attached hydrogen (secondary N) is 1.